The van der Waals surface area contributed by atoms with Gasteiger partial charge in [-0.15, -0.1) is 0 Å². The number of ether oxygens (including phenoxy) is 1. The zero-order valence-corrected chi connectivity index (χ0v) is 11.0. The maximum Gasteiger partial charge on any atom is 0.272 e. The summed E-state index contributed by atoms with van der Waals surface area (Å²) in [6, 6.07) is 12.4. The predicted octanol–water partition coefficient (Wildman–Crippen LogP) is 3.38. The Morgan fingerprint density at radius 3 is 2.67 bits per heavy atom. The molecular formula is C15H11FN2O3. The summed E-state index contributed by atoms with van der Waals surface area (Å²) in [7, 11) is 0. The molecule has 0 fully saturated rings. The molecule has 0 spiro atoms. The number of rotatable bonds is 5. The molecule has 0 saturated heterocycles. The van der Waals surface area contributed by atoms with Crippen molar-refractivity contribution in [3.8, 4) is 11.8 Å². The highest BCUT2D eigenvalue weighted by Crippen LogP contribution is 2.22. The van der Waals surface area contributed by atoms with E-state index in [1.165, 1.54) is 12.1 Å². The number of nitrogens with zero attached hydrogens (tertiary/aromatic N) is 2. The molecule has 0 aliphatic carbocycles. The van der Waals surface area contributed by atoms with Gasteiger partial charge < -0.3 is 4.74 Å². The van der Waals surface area contributed by atoms with E-state index in [1.807, 2.05) is 6.07 Å². The first-order valence-electron chi connectivity index (χ1n) is 6.12. The van der Waals surface area contributed by atoms with E-state index >= 15 is 0 Å². The van der Waals surface area contributed by atoms with Gasteiger partial charge in [0.15, 0.2) is 0 Å². The molecule has 0 radical (unpaired) electrons. The van der Waals surface area contributed by atoms with E-state index in [2.05, 4.69) is 0 Å². The minimum Gasteiger partial charge on any atom is -0.488 e. The molecule has 0 N–H and O–H groups in total. The summed E-state index contributed by atoms with van der Waals surface area (Å²) in [6.45, 7) is -0.0632. The molecule has 0 aliphatic heterocycles. The van der Waals surface area contributed by atoms with Gasteiger partial charge in [0.05, 0.1) is 23.5 Å². The van der Waals surface area contributed by atoms with Crippen molar-refractivity contribution in [3.63, 3.8) is 0 Å². The zero-order chi connectivity index (χ0) is 15.2. The summed E-state index contributed by atoms with van der Waals surface area (Å²) < 4.78 is 19.2. The first-order valence-corrected chi connectivity index (χ1v) is 6.12. The third-order valence-corrected chi connectivity index (χ3v) is 2.87. The van der Waals surface area contributed by atoms with Crippen LogP contribution in [0.25, 0.3) is 0 Å². The quantitative estimate of drug-likeness (QED) is 0.623. The summed E-state index contributed by atoms with van der Waals surface area (Å²) in [6.07, 6.45) is 0.193. The van der Waals surface area contributed by atoms with Crippen LogP contribution in [0.4, 0.5) is 10.1 Å². The van der Waals surface area contributed by atoms with Gasteiger partial charge in [-0.3, -0.25) is 10.1 Å². The van der Waals surface area contributed by atoms with Crippen LogP contribution in [-0.4, -0.2) is 4.92 Å². The number of nitro benzene ring substituents is 1. The topological polar surface area (TPSA) is 76.2 Å². The molecule has 106 valence electrons. The summed E-state index contributed by atoms with van der Waals surface area (Å²) in [5.74, 6) is -0.196. The monoisotopic (exact) mass is 286 g/mol. The van der Waals surface area contributed by atoms with Crippen molar-refractivity contribution in [1.29, 1.82) is 5.26 Å². The minimum atomic E-state index is -0.693. The third kappa shape index (κ3) is 3.54. The van der Waals surface area contributed by atoms with Crippen LogP contribution < -0.4 is 4.74 Å². The van der Waals surface area contributed by atoms with Crippen LogP contribution in [0.1, 0.15) is 11.1 Å². The highest BCUT2D eigenvalue weighted by molar-refractivity contribution is 5.37. The number of nitriles is 1. The Morgan fingerprint density at radius 2 is 2.00 bits per heavy atom. The summed E-state index contributed by atoms with van der Waals surface area (Å²) in [5.41, 5.74) is 0.621. The van der Waals surface area contributed by atoms with Crippen molar-refractivity contribution < 1.29 is 14.1 Å². The van der Waals surface area contributed by atoms with Gasteiger partial charge in [0.1, 0.15) is 18.2 Å². The molecule has 21 heavy (non-hydrogen) atoms. The molecule has 0 saturated carbocycles. The van der Waals surface area contributed by atoms with Gasteiger partial charge in [0, 0.05) is 17.2 Å². The second kappa shape index (κ2) is 6.48. The van der Waals surface area contributed by atoms with Crippen LogP contribution in [0.5, 0.6) is 5.75 Å². The smallest absolute Gasteiger partial charge is 0.272 e. The van der Waals surface area contributed by atoms with Crippen LogP contribution in [0, 0.1) is 27.3 Å². The van der Waals surface area contributed by atoms with Crippen LogP contribution in [0.15, 0.2) is 42.5 Å². The summed E-state index contributed by atoms with van der Waals surface area (Å²) in [4.78, 5) is 9.88. The number of hydrogen-bond acceptors (Lipinski definition) is 4. The number of benzene rings is 2. The molecular weight excluding hydrogens is 275 g/mol. The van der Waals surface area contributed by atoms with Crippen molar-refractivity contribution in [2.45, 2.75) is 13.0 Å². The molecule has 0 atom stereocenters. The molecule has 0 aromatic heterocycles. The van der Waals surface area contributed by atoms with Crippen LogP contribution in [0.3, 0.4) is 0 Å². The number of halogens is 1. The van der Waals surface area contributed by atoms with Gasteiger partial charge in [-0.25, -0.2) is 4.39 Å². The van der Waals surface area contributed by atoms with E-state index in [9.17, 15) is 14.5 Å². The second-order valence-corrected chi connectivity index (χ2v) is 4.26. The predicted molar refractivity (Wildman–Crippen MR) is 73.1 cm³/mol. The second-order valence-electron chi connectivity index (χ2n) is 4.26. The minimum absolute atomic E-state index is 0.0632. The maximum absolute atomic E-state index is 13.7. The number of para-hydroxylation sites is 1. The van der Waals surface area contributed by atoms with Gasteiger partial charge in [0.25, 0.3) is 5.69 Å². The van der Waals surface area contributed by atoms with Gasteiger partial charge in [-0.05, 0) is 12.1 Å². The van der Waals surface area contributed by atoms with Crippen molar-refractivity contribution in [2.24, 2.45) is 0 Å². The molecule has 0 aliphatic rings. The Kier molecular flexibility index (Phi) is 4.46. The lowest BCUT2D eigenvalue weighted by Gasteiger charge is -2.10. The molecule has 0 bridgehead atoms. The molecule has 0 heterocycles. The number of nitro groups is 1. The molecule has 2 aromatic carbocycles. The zero-order valence-electron chi connectivity index (χ0n) is 11.0. The molecule has 2 aromatic rings. The van der Waals surface area contributed by atoms with Crippen LogP contribution in [-0.2, 0) is 13.0 Å². The Balaban J connectivity index is 2.14. The lowest BCUT2D eigenvalue weighted by Crippen LogP contribution is -2.01. The third-order valence-electron chi connectivity index (χ3n) is 2.87. The molecule has 2 rings (SSSR count). The van der Waals surface area contributed by atoms with E-state index < -0.39 is 10.7 Å². The van der Waals surface area contributed by atoms with Gasteiger partial charge in [-0.1, -0.05) is 18.2 Å². The summed E-state index contributed by atoms with van der Waals surface area (Å²) in [5, 5.41) is 19.3. The van der Waals surface area contributed by atoms with Crippen molar-refractivity contribution in [2.75, 3.05) is 0 Å². The average molecular weight is 286 g/mol. The fourth-order valence-electron chi connectivity index (χ4n) is 1.80. The van der Waals surface area contributed by atoms with E-state index in [-0.39, 0.29) is 24.3 Å². The Labute approximate surface area is 120 Å². The molecule has 6 heteroatoms. The standard InChI is InChI=1S/C15H11FN2O3/c16-14-9-13(18(19)20)6-5-12(14)10-21-15-4-2-1-3-11(15)7-8-17/h1-6,9H,7,10H2. The van der Waals surface area contributed by atoms with Crippen LogP contribution >= 0.6 is 0 Å². The normalized spacial score (nSPS) is 9.90. The fourth-order valence-corrected chi connectivity index (χ4v) is 1.80. The summed E-state index contributed by atoms with van der Waals surface area (Å²) >= 11 is 0. The van der Waals surface area contributed by atoms with E-state index in [0.717, 1.165) is 6.07 Å². The van der Waals surface area contributed by atoms with E-state index in [0.29, 0.717) is 11.3 Å². The molecule has 5 nitrogen and oxygen atoms in total. The average Bonchev–Trinajstić information content (AvgIpc) is 2.47. The van der Waals surface area contributed by atoms with Gasteiger partial charge in [-0.2, -0.15) is 5.26 Å². The highest BCUT2D eigenvalue weighted by atomic mass is 19.1. The first kappa shape index (κ1) is 14.5. The first-order chi connectivity index (χ1) is 10.1. The largest absolute Gasteiger partial charge is 0.488 e. The van der Waals surface area contributed by atoms with E-state index in [4.69, 9.17) is 10.00 Å². The maximum atomic E-state index is 13.7. The number of hydrogen-bond donors (Lipinski definition) is 0. The van der Waals surface area contributed by atoms with Gasteiger partial charge >= 0.3 is 0 Å². The van der Waals surface area contributed by atoms with E-state index in [1.54, 1.807) is 24.3 Å². The van der Waals surface area contributed by atoms with Crippen molar-refractivity contribution in [1.82, 2.24) is 0 Å². The van der Waals surface area contributed by atoms with Gasteiger partial charge in [0.2, 0.25) is 0 Å². The van der Waals surface area contributed by atoms with Crippen molar-refractivity contribution in [3.05, 3.63) is 69.5 Å². The van der Waals surface area contributed by atoms with Crippen LogP contribution in [0.2, 0.25) is 0 Å². The Bertz CT molecular complexity index is 710. The molecule has 0 unspecified atom stereocenters. The SMILES string of the molecule is N#CCc1ccccc1OCc1ccc([N+](=O)[O-])cc1F. The fraction of sp³-hybridized carbons (Fsp3) is 0.133. The Morgan fingerprint density at radius 1 is 1.24 bits per heavy atom. The van der Waals surface area contributed by atoms with Crippen molar-refractivity contribution >= 4 is 5.69 Å². The lowest BCUT2D eigenvalue weighted by molar-refractivity contribution is -0.385. The lowest BCUT2D eigenvalue weighted by atomic mass is 10.1. The number of non-ortho nitro benzene ring substituents is 1. The Hall–Kier alpha value is -2.94. The molecule has 0 amide bonds. The highest BCUT2D eigenvalue weighted by Gasteiger charge is 2.11.